The van der Waals surface area contributed by atoms with E-state index in [9.17, 15) is 4.39 Å². The first-order valence-electron chi connectivity index (χ1n) is 6.61. The molecule has 0 amide bonds. The number of hydrogen-bond acceptors (Lipinski definition) is 2. The topological polar surface area (TPSA) is 29.3 Å². The van der Waals surface area contributed by atoms with Crippen molar-refractivity contribution in [2.45, 2.75) is 33.1 Å². The Balaban J connectivity index is 2.32. The van der Waals surface area contributed by atoms with Gasteiger partial charge in [0, 0.05) is 19.3 Å². The van der Waals surface area contributed by atoms with Gasteiger partial charge in [-0.25, -0.2) is 4.39 Å². The molecule has 0 atom stereocenters. The van der Waals surface area contributed by atoms with E-state index in [1.807, 2.05) is 13.1 Å². The van der Waals surface area contributed by atoms with Crippen LogP contribution in [0.4, 0.5) is 10.1 Å². The molecule has 0 aliphatic heterocycles. The lowest BCUT2D eigenvalue weighted by atomic mass is 9.87. The third-order valence-electron chi connectivity index (χ3n) is 3.40. The minimum absolute atomic E-state index is 0.177. The molecule has 0 unspecified atom stereocenters. The van der Waals surface area contributed by atoms with Gasteiger partial charge < -0.3 is 10.6 Å². The lowest BCUT2D eigenvalue weighted by molar-refractivity contribution is 0.333. The molecule has 0 aromatic heterocycles. The fourth-order valence-electron chi connectivity index (χ4n) is 1.90. The highest BCUT2D eigenvalue weighted by Gasteiger charge is 2.14. The predicted octanol–water partition coefficient (Wildman–Crippen LogP) is 3.42. The van der Waals surface area contributed by atoms with Gasteiger partial charge >= 0.3 is 0 Å². The predicted molar refractivity (Wildman–Crippen MR) is 76.4 cm³/mol. The Morgan fingerprint density at radius 2 is 2.00 bits per heavy atom. The minimum atomic E-state index is -0.177. The third-order valence-corrected chi connectivity index (χ3v) is 3.40. The summed E-state index contributed by atoms with van der Waals surface area (Å²) in [7, 11) is 2.00. The van der Waals surface area contributed by atoms with E-state index < -0.39 is 0 Å². The fraction of sp³-hybridized carbons (Fsp3) is 0.600. The van der Waals surface area contributed by atoms with Crippen LogP contribution in [0.2, 0.25) is 0 Å². The Morgan fingerprint density at radius 1 is 1.28 bits per heavy atom. The van der Waals surface area contributed by atoms with E-state index in [0.29, 0.717) is 0 Å². The number of benzene rings is 1. The van der Waals surface area contributed by atoms with Crippen molar-refractivity contribution in [3.05, 3.63) is 30.1 Å². The molecule has 0 aliphatic rings. The molecule has 0 spiro atoms. The molecule has 1 aromatic carbocycles. The zero-order valence-electron chi connectivity index (χ0n) is 11.7. The van der Waals surface area contributed by atoms with Crippen LogP contribution < -0.4 is 10.6 Å². The lowest BCUT2D eigenvalue weighted by Crippen LogP contribution is -2.24. The van der Waals surface area contributed by atoms with Crippen LogP contribution in [0.15, 0.2) is 24.3 Å². The van der Waals surface area contributed by atoms with E-state index in [2.05, 4.69) is 18.7 Å². The molecular weight excluding hydrogens is 227 g/mol. The molecule has 2 N–H and O–H groups in total. The quantitative estimate of drug-likeness (QED) is 0.753. The second-order valence-corrected chi connectivity index (χ2v) is 5.73. The zero-order chi connectivity index (χ0) is 13.6. The highest BCUT2D eigenvalue weighted by Crippen LogP contribution is 2.22. The maximum absolute atomic E-state index is 13.1. The molecule has 0 aliphatic carbocycles. The summed E-state index contributed by atoms with van der Waals surface area (Å²) in [4.78, 5) is 2.10. The van der Waals surface area contributed by atoms with Crippen molar-refractivity contribution < 1.29 is 4.39 Å². The van der Waals surface area contributed by atoms with Crippen molar-refractivity contribution in [3.63, 3.8) is 0 Å². The van der Waals surface area contributed by atoms with E-state index >= 15 is 0 Å². The van der Waals surface area contributed by atoms with Crippen LogP contribution in [0.1, 0.15) is 33.1 Å². The molecule has 0 bridgehead atoms. The minimum Gasteiger partial charge on any atom is -0.375 e. The average Bonchev–Trinajstić information content (AvgIpc) is 2.34. The van der Waals surface area contributed by atoms with E-state index in [-0.39, 0.29) is 11.2 Å². The summed E-state index contributed by atoms with van der Waals surface area (Å²) in [5.41, 5.74) is 6.88. The number of rotatable bonds is 7. The fourth-order valence-corrected chi connectivity index (χ4v) is 1.90. The first kappa shape index (κ1) is 15.0. The summed E-state index contributed by atoms with van der Waals surface area (Å²) < 4.78 is 13.1. The molecular formula is C15H25FN2. The van der Waals surface area contributed by atoms with Gasteiger partial charge in [0.2, 0.25) is 0 Å². The summed E-state index contributed by atoms with van der Waals surface area (Å²) in [5.74, 6) is -0.177. The van der Waals surface area contributed by atoms with E-state index in [4.69, 9.17) is 5.73 Å². The molecule has 102 valence electrons. The number of unbranched alkanes of at least 4 members (excludes halogenated alkanes) is 1. The van der Waals surface area contributed by atoms with Gasteiger partial charge in [0.25, 0.3) is 0 Å². The van der Waals surface area contributed by atoms with Gasteiger partial charge in [-0.2, -0.15) is 0 Å². The van der Waals surface area contributed by atoms with Crippen LogP contribution in [0.5, 0.6) is 0 Å². The molecule has 0 fully saturated rings. The van der Waals surface area contributed by atoms with Crippen molar-refractivity contribution in [2.24, 2.45) is 11.1 Å². The van der Waals surface area contributed by atoms with Gasteiger partial charge in [-0.3, -0.25) is 0 Å². The Bertz CT molecular complexity index is 363. The number of halogens is 1. The average molecular weight is 252 g/mol. The molecule has 2 nitrogen and oxygen atoms in total. The largest absolute Gasteiger partial charge is 0.375 e. The summed E-state index contributed by atoms with van der Waals surface area (Å²) in [5, 5.41) is 0. The zero-order valence-corrected chi connectivity index (χ0v) is 11.7. The maximum Gasteiger partial charge on any atom is 0.125 e. The Kier molecular flexibility index (Phi) is 5.60. The highest BCUT2D eigenvalue weighted by molar-refractivity contribution is 5.45. The van der Waals surface area contributed by atoms with Crippen molar-refractivity contribution in [3.8, 4) is 0 Å². The number of hydrogen-bond donors (Lipinski definition) is 1. The lowest BCUT2D eigenvalue weighted by Gasteiger charge is -2.23. The van der Waals surface area contributed by atoms with Crippen LogP contribution in [0, 0.1) is 11.2 Å². The van der Waals surface area contributed by atoms with Crippen molar-refractivity contribution >= 4 is 5.69 Å². The van der Waals surface area contributed by atoms with E-state index in [0.717, 1.165) is 38.0 Å². The van der Waals surface area contributed by atoms with Crippen LogP contribution in [0.25, 0.3) is 0 Å². The third kappa shape index (κ3) is 5.05. The monoisotopic (exact) mass is 252 g/mol. The molecule has 1 rings (SSSR count). The molecule has 0 saturated carbocycles. The Morgan fingerprint density at radius 3 is 2.61 bits per heavy atom. The van der Waals surface area contributed by atoms with Crippen molar-refractivity contribution in [1.82, 2.24) is 0 Å². The number of nitrogens with two attached hydrogens (primary N) is 1. The molecule has 1 aromatic rings. The molecule has 18 heavy (non-hydrogen) atoms. The summed E-state index contributed by atoms with van der Waals surface area (Å²) in [6.45, 7) is 6.07. The first-order chi connectivity index (χ1) is 8.44. The van der Waals surface area contributed by atoms with Crippen LogP contribution in [0.3, 0.4) is 0 Å². The molecule has 0 saturated heterocycles. The molecule has 0 heterocycles. The molecule has 0 radical (unpaired) electrons. The highest BCUT2D eigenvalue weighted by atomic mass is 19.1. The van der Waals surface area contributed by atoms with E-state index in [1.165, 1.54) is 6.07 Å². The van der Waals surface area contributed by atoms with Crippen molar-refractivity contribution in [1.29, 1.82) is 0 Å². The Labute approximate surface area is 110 Å². The van der Waals surface area contributed by atoms with Crippen molar-refractivity contribution in [2.75, 3.05) is 25.0 Å². The van der Waals surface area contributed by atoms with E-state index in [1.54, 1.807) is 12.1 Å². The maximum atomic E-state index is 13.1. The standard InChI is InChI=1S/C15H25FN2/c1-15(2,12-17)9-4-5-10-18(3)14-8-6-7-13(16)11-14/h6-8,11H,4-5,9-10,12,17H2,1-3H3. The van der Waals surface area contributed by atoms with Gasteiger partial charge in [-0.05, 0) is 43.0 Å². The van der Waals surface area contributed by atoms with Gasteiger partial charge in [-0.15, -0.1) is 0 Å². The Hall–Kier alpha value is -1.09. The second-order valence-electron chi connectivity index (χ2n) is 5.73. The van der Waals surface area contributed by atoms with Gasteiger partial charge in [-0.1, -0.05) is 26.3 Å². The first-order valence-corrected chi connectivity index (χ1v) is 6.61. The normalized spacial score (nSPS) is 11.6. The van der Waals surface area contributed by atoms with Gasteiger partial charge in [0.1, 0.15) is 5.82 Å². The smallest absolute Gasteiger partial charge is 0.125 e. The van der Waals surface area contributed by atoms with Crippen LogP contribution >= 0.6 is 0 Å². The van der Waals surface area contributed by atoms with Gasteiger partial charge in [0.05, 0.1) is 0 Å². The SMILES string of the molecule is CN(CCCCC(C)(C)CN)c1cccc(F)c1. The second kappa shape index (κ2) is 6.74. The molecule has 3 heteroatoms. The summed E-state index contributed by atoms with van der Waals surface area (Å²) in [6.07, 6.45) is 3.40. The summed E-state index contributed by atoms with van der Waals surface area (Å²) >= 11 is 0. The van der Waals surface area contributed by atoms with Crippen LogP contribution in [-0.4, -0.2) is 20.1 Å². The van der Waals surface area contributed by atoms with Crippen LogP contribution in [-0.2, 0) is 0 Å². The number of nitrogens with zero attached hydrogens (tertiary/aromatic N) is 1. The summed E-state index contributed by atoms with van der Waals surface area (Å²) in [6, 6.07) is 6.73. The van der Waals surface area contributed by atoms with Gasteiger partial charge in [0.15, 0.2) is 0 Å². The number of anilines is 1.